The predicted octanol–water partition coefficient (Wildman–Crippen LogP) is 1.38. The number of carbonyl (C=O) groups excluding carboxylic acids is 7. The highest BCUT2D eigenvalue weighted by Crippen LogP contribution is 2.36. The van der Waals surface area contributed by atoms with Gasteiger partial charge in [0.1, 0.15) is 36.5 Å². The summed E-state index contributed by atoms with van der Waals surface area (Å²) in [5.74, 6) is -6.23. The van der Waals surface area contributed by atoms with Crippen LogP contribution in [0.2, 0.25) is 5.02 Å². The van der Waals surface area contributed by atoms with Crippen molar-refractivity contribution in [3.05, 3.63) is 38.9 Å². The number of nitro benzene ring substituents is 1. The van der Waals surface area contributed by atoms with Gasteiger partial charge in [0.25, 0.3) is 5.69 Å². The first-order valence-electron chi connectivity index (χ1n) is 16.4. The van der Waals surface area contributed by atoms with Gasteiger partial charge in [0, 0.05) is 54.5 Å². The van der Waals surface area contributed by atoms with Crippen LogP contribution in [0.25, 0.3) is 0 Å². The van der Waals surface area contributed by atoms with Crippen molar-refractivity contribution in [1.82, 2.24) is 0 Å². The molecule has 0 bridgehead atoms. The van der Waals surface area contributed by atoms with Crippen LogP contribution in [0.15, 0.2) is 18.2 Å². The van der Waals surface area contributed by atoms with Crippen LogP contribution in [0.1, 0.15) is 54.0 Å². The molecule has 2 aliphatic heterocycles. The maximum absolute atomic E-state index is 12.6. The molecule has 22 heteroatoms. The predicted molar refractivity (Wildman–Crippen MR) is 176 cm³/mol. The molecule has 0 spiro atoms. The number of hydrogen-bond acceptors (Lipinski definition) is 20. The maximum Gasteiger partial charge on any atom is 0.303 e. The summed E-state index contributed by atoms with van der Waals surface area (Å²) in [6.45, 7) is 5.55. The van der Waals surface area contributed by atoms with E-state index in [2.05, 4.69) is 0 Å². The number of hydrogen-bond donors (Lipinski definition) is 0. The van der Waals surface area contributed by atoms with Gasteiger partial charge in [-0.2, -0.15) is 0 Å². The Kier molecular flexibility index (Phi) is 16.2. The zero-order chi connectivity index (χ0) is 41.1. The van der Waals surface area contributed by atoms with Gasteiger partial charge in [0.2, 0.25) is 0 Å². The van der Waals surface area contributed by atoms with Gasteiger partial charge >= 0.3 is 41.8 Å². The Hall–Kier alpha value is -4.96. The molecule has 2 heterocycles. The fraction of sp³-hybridized carbons (Fsp3) is 0.606. The largest absolute Gasteiger partial charge is 0.463 e. The van der Waals surface area contributed by atoms with E-state index in [0.717, 1.165) is 54.5 Å². The maximum atomic E-state index is 12.6. The lowest BCUT2D eigenvalue weighted by molar-refractivity contribution is -0.384. The van der Waals surface area contributed by atoms with E-state index < -0.39 is 134 Å². The second kappa shape index (κ2) is 20.1. The molecule has 10 atom stereocenters. The number of halogens is 1. The van der Waals surface area contributed by atoms with E-state index in [0.29, 0.717) is 0 Å². The van der Waals surface area contributed by atoms with Crippen LogP contribution in [0.4, 0.5) is 5.69 Å². The van der Waals surface area contributed by atoms with Gasteiger partial charge in [0.05, 0.1) is 11.5 Å². The Morgan fingerprint density at radius 2 is 1.04 bits per heavy atom. The van der Waals surface area contributed by atoms with Crippen molar-refractivity contribution in [3.8, 4) is 0 Å². The minimum atomic E-state index is -1.86. The number of benzene rings is 1. The normalized spacial score (nSPS) is 27.4. The van der Waals surface area contributed by atoms with Crippen LogP contribution in [0.5, 0.6) is 0 Å². The summed E-state index contributed by atoms with van der Waals surface area (Å²) in [6.07, 6.45) is -16.5. The number of esters is 7. The van der Waals surface area contributed by atoms with Gasteiger partial charge in [-0.3, -0.25) is 43.7 Å². The Morgan fingerprint density at radius 3 is 1.51 bits per heavy atom. The lowest BCUT2D eigenvalue weighted by Gasteiger charge is -2.48. The Labute approximate surface area is 318 Å². The summed E-state index contributed by atoms with van der Waals surface area (Å²) < 4.78 is 62.0. The highest BCUT2D eigenvalue weighted by molar-refractivity contribution is 6.32. The molecule has 21 nitrogen and oxygen atoms in total. The summed E-state index contributed by atoms with van der Waals surface area (Å²) in [6, 6.07) is 3.80. The van der Waals surface area contributed by atoms with Crippen molar-refractivity contribution in [2.75, 3.05) is 13.2 Å². The standard InChI is InChI=1S/C33H40ClNO20/c1-14(36)45-12-24-26(48-16(3)38)28(49-17(4)39)31(52-20(7)42)33(54-24)55-27-25(13-46-15(2)37)53-32(30(51-19(6)41)29(27)50-18(5)40)47-11-21-8-9-22(34)23(10-21)35(43)44/h8-10,24-33H,11-13H2,1-7H3/t24-,25-,26-,27-,28+,29+,30-,31-,32-,33-/m1/s1. The van der Waals surface area contributed by atoms with E-state index in [1.807, 2.05) is 0 Å². The smallest absolute Gasteiger partial charge is 0.303 e. The van der Waals surface area contributed by atoms with E-state index in [4.69, 9.17) is 63.7 Å². The van der Waals surface area contributed by atoms with Crippen LogP contribution < -0.4 is 0 Å². The van der Waals surface area contributed by atoms with Gasteiger partial charge in [0.15, 0.2) is 43.1 Å². The molecule has 0 unspecified atom stereocenters. The van der Waals surface area contributed by atoms with Gasteiger partial charge in [-0.05, 0) is 11.6 Å². The van der Waals surface area contributed by atoms with Crippen LogP contribution in [-0.4, -0.2) is 121 Å². The molecule has 0 radical (unpaired) electrons. The summed E-state index contributed by atoms with van der Waals surface area (Å²) in [5, 5.41) is 11.3. The molecule has 2 aliphatic rings. The highest BCUT2D eigenvalue weighted by atomic mass is 35.5. The zero-order valence-corrected chi connectivity index (χ0v) is 31.4. The lowest BCUT2D eigenvalue weighted by Crippen LogP contribution is -2.67. The zero-order valence-electron chi connectivity index (χ0n) is 30.6. The average molecular weight is 806 g/mol. The number of carbonyl (C=O) groups is 7. The van der Waals surface area contributed by atoms with Crippen molar-refractivity contribution in [2.24, 2.45) is 0 Å². The van der Waals surface area contributed by atoms with Crippen LogP contribution in [0.3, 0.4) is 0 Å². The molecule has 0 N–H and O–H groups in total. The molecule has 304 valence electrons. The van der Waals surface area contributed by atoms with Gasteiger partial charge < -0.3 is 52.1 Å². The van der Waals surface area contributed by atoms with Crippen LogP contribution in [0, 0.1) is 10.1 Å². The average Bonchev–Trinajstić information content (AvgIpc) is 3.06. The molecular weight excluding hydrogens is 766 g/mol. The topological polar surface area (TPSA) is 264 Å². The summed E-state index contributed by atoms with van der Waals surface area (Å²) in [5.41, 5.74) is -0.217. The van der Waals surface area contributed by atoms with E-state index in [-0.39, 0.29) is 10.6 Å². The molecule has 55 heavy (non-hydrogen) atoms. The summed E-state index contributed by atoms with van der Waals surface area (Å²) >= 11 is 5.93. The second-order valence-electron chi connectivity index (χ2n) is 12.0. The Bertz CT molecular complexity index is 1620. The van der Waals surface area contributed by atoms with Crippen molar-refractivity contribution in [1.29, 1.82) is 0 Å². The third-order valence-electron chi connectivity index (χ3n) is 7.51. The first-order chi connectivity index (χ1) is 25.8. The van der Waals surface area contributed by atoms with E-state index in [9.17, 15) is 43.7 Å². The van der Waals surface area contributed by atoms with Gasteiger partial charge in [-0.1, -0.05) is 17.7 Å². The first-order valence-corrected chi connectivity index (χ1v) is 16.8. The molecule has 2 saturated heterocycles. The quantitative estimate of drug-likeness (QED) is 0.105. The molecule has 1 aromatic carbocycles. The second-order valence-corrected chi connectivity index (χ2v) is 12.4. The van der Waals surface area contributed by atoms with E-state index in [1.54, 1.807) is 0 Å². The molecule has 2 fully saturated rings. The molecule has 3 rings (SSSR count). The summed E-state index contributed by atoms with van der Waals surface area (Å²) in [4.78, 5) is 96.5. The van der Waals surface area contributed by atoms with Crippen molar-refractivity contribution in [2.45, 2.75) is 116 Å². The van der Waals surface area contributed by atoms with Crippen LogP contribution >= 0.6 is 11.6 Å². The molecule has 0 saturated carbocycles. The van der Waals surface area contributed by atoms with Crippen LogP contribution in [-0.2, 0) is 92.3 Å². The highest BCUT2D eigenvalue weighted by Gasteiger charge is 2.57. The molecular formula is C33H40ClNO20. The van der Waals surface area contributed by atoms with Gasteiger partial charge in [-0.25, -0.2) is 0 Å². The fourth-order valence-corrected chi connectivity index (χ4v) is 5.76. The summed E-state index contributed by atoms with van der Waals surface area (Å²) in [7, 11) is 0. The number of ether oxygens (including phenoxy) is 11. The molecule has 1 aromatic rings. The minimum Gasteiger partial charge on any atom is -0.463 e. The van der Waals surface area contributed by atoms with Crippen molar-refractivity contribution < 1.29 is 90.6 Å². The Morgan fingerprint density at radius 1 is 0.618 bits per heavy atom. The lowest BCUT2D eigenvalue weighted by atomic mass is 9.96. The fourth-order valence-electron chi connectivity index (χ4n) is 5.57. The van der Waals surface area contributed by atoms with Crippen molar-refractivity contribution >= 4 is 59.1 Å². The van der Waals surface area contributed by atoms with Gasteiger partial charge in [-0.15, -0.1) is 0 Å². The third kappa shape index (κ3) is 13.1. The molecule has 0 aliphatic carbocycles. The molecule has 0 aromatic heterocycles. The SMILES string of the molecule is CC(=O)OC[C@H]1O[C@H](O[C@H]2[C@H](OC(C)=O)[C@@H](OC(C)=O)[C@H](OCc3ccc(Cl)c([N+](=O)[O-])c3)O[C@@H]2COC(C)=O)[C@H](OC(C)=O)[C@@H](OC(C)=O)[C@@H]1OC(C)=O. The minimum absolute atomic E-state index is 0.154. The van der Waals surface area contributed by atoms with E-state index >= 15 is 0 Å². The Balaban J connectivity index is 2.15. The number of rotatable bonds is 15. The number of nitrogens with zero attached hydrogens (tertiary/aromatic N) is 1. The third-order valence-corrected chi connectivity index (χ3v) is 7.83. The first kappa shape index (κ1) is 44.4. The van der Waals surface area contributed by atoms with Crippen molar-refractivity contribution in [3.63, 3.8) is 0 Å². The van der Waals surface area contributed by atoms with E-state index in [1.165, 1.54) is 12.1 Å². The molecule has 0 amide bonds. The monoisotopic (exact) mass is 805 g/mol. The number of nitro groups is 1.